The van der Waals surface area contributed by atoms with Crippen molar-refractivity contribution in [2.24, 2.45) is 10.9 Å². The third-order valence-electron chi connectivity index (χ3n) is 3.29. The topological polar surface area (TPSA) is 52.8 Å². The van der Waals surface area contributed by atoms with E-state index in [9.17, 15) is 10.2 Å². The molecule has 2 aromatic carbocycles. The SMILES string of the molecule is CC(C)[C@@H](CO)N=Cc1ccc2ccccc2c1O. The maximum Gasteiger partial charge on any atom is 0.132 e. The van der Waals surface area contributed by atoms with Gasteiger partial charge in [-0.2, -0.15) is 0 Å². The van der Waals surface area contributed by atoms with Crippen LogP contribution < -0.4 is 0 Å². The van der Waals surface area contributed by atoms with E-state index in [0.717, 1.165) is 10.8 Å². The van der Waals surface area contributed by atoms with Crippen molar-refractivity contribution in [2.75, 3.05) is 6.61 Å². The average Bonchev–Trinajstić information content (AvgIpc) is 2.41. The zero-order valence-electron chi connectivity index (χ0n) is 11.2. The maximum absolute atomic E-state index is 10.2. The molecule has 2 aromatic rings. The van der Waals surface area contributed by atoms with Crippen LogP contribution in [0, 0.1) is 5.92 Å². The summed E-state index contributed by atoms with van der Waals surface area (Å²) in [6.45, 7) is 4.04. The number of aromatic hydroxyl groups is 1. The summed E-state index contributed by atoms with van der Waals surface area (Å²) in [6.07, 6.45) is 1.64. The second kappa shape index (κ2) is 5.85. The van der Waals surface area contributed by atoms with E-state index in [1.807, 2.05) is 50.2 Å². The van der Waals surface area contributed by atoms with Gasteiger partial charge in [0.25, 0.3) is 0 Å². The Labute approximate surface area is 113 Å². The zero-order chi connectivity index (χ0) is 13.8. The van der Waals surface area contributed by atoms with Crippen LogP contribution in [0.15, 0.2) is 41.4 Å². The molecule has 0 spiro atoms. The van der Waals surface area contributed by atoms with Crippen LogP contribution in [0.1, 0.15) is 19.4 Å². The Morgan fingerprint density at radius 2 is 1.89 bits per heavy atom. The fourth-order valence-corrected chi connectivity index (χ4v) is 1.98. The minimum Gasteiger partial charge on any atom is -0.507 e. The quantitative estimate of drug-likeness (QED) is 0.827. The number of aliphatic hydroxyl groups is 1. The molecule has 0 unspecified atom stereocenters. The molecule has 0 bridgehead atoms. The molecular weight excluding hydrogens is 238 g/mol. The summed E-state index contributed by atoms with van der Waals surface area (Å²) in [5, 5.41) is 21.3. The minimum atomic E-state index is -0.133. The lowest BCUT2D eigenvalue weighted by Gasteiger charge is -2.13. The van der Waals surface area contributed by atoms with Crippen molar-refractivity contribution < 1.29 is 10.2 Å². The number of rotatable bonds is 4. The first-order valence-corrected chi connectivity index (χ1v) is 6.48. The van der Waals surface area contributed by atoms with Gasteiger partial charge in [0.15, 0.2) is 0 Å². The lowest BCUT2D eigenvalue weighted by Crippen LogP contribution is -2.17. The van der Waals surface area contributed by atoms with Crippen LogP contribution in [-0.4, -0.2) is 29.1 Å². The maximum atomic E-state index is 10.2. The Morgan fingerprint density at radius 3 is 2.58 bits per heavy atom. The van der Waals surface area contributed by atoms with Gasteiger partial charge in [-0.1, -0.05) is 44.2 Å². The second-order valence-electron chi connectivity index (χ2n) is 5.00. The number of hydrogen-bond donors (Lipinski definition) is 2. The number of aliphatic imine (C=N–C) groups is 1. The molecular formula is C16H19NO2. The molecule has 0 fully saturated rings. The highest BCUT2D eigenvalue weighted by molar-refractivity contribution is 5.97. The Bertz CT molecular complexity index is 590. The smallest absolute Gasteiger partial charge is 0.132 e. The number of aliphatic hydroxyl groups excluding tert-OH is 1. The van der Waals surface area contributed by atoms with Crippen molar-refractivity contribution in [1.29, 1.82) is 0 Å². The lowest BCUT2D eigenvalue weighted by atomic mass is 10.0. The van der Waals surface area contributed by atoms with Gasteiger partial charge in [-0.15, -0.1) is 0 Å². The summed E-state index contributed by atoms with van der Waals surface area (Å²) in [4.78, 5) is 4.34. The van der Waals surface area contributed by atoms with Crippen LogP contribution in [0.2, 0.25) is 0 Å². The highest BCUT2D eigenvalue weighted by Crippen LogP contribution is 2.27. The van der Waals surface area contributed by atoms with Crippen LogP contribution in [0.25, 0.3) is 10.8 Å². The summed E-state index contributed by atoms with van der Waals surface area (Å²) in [5.41, 5.74) is 0.679. The lowest BCUT2D eigenvalue weighted by molar-refractivity contribution is 0.240. The summed E-state index contributed by atoms with van der Waals surface area (Å²) < 4.78 is 0. The van der Waals surface area contributed by atoms with Gasteiger partial charge in [0.1, 0.15) is 5.75 Å². The first kappa shape index (κ1) is 13.6. The van der Waals surface area contributed by atoms with Gasteiger partial charge in [-0.25, -0.2) is 0 Å². The summed E-state index contributed by atoms with van der Waals surface area (Å²) >= 11 is 0. The summed E-state index contributed by atoms with van der Waals surface area (Å²) in [7, 11) is 0. The minimum absolute atomic E-state index is 0.0164. The van der Waals surface area contributed by atoms with E-state index in [1.165, 1.54) is 0 Å². The largest absolute Gasteiger partial charge is 0.507 e. The standard InChI is InChI=1S/C16H19NO2/c1-11(2)15(10-18)17-9-13-8-7-12-5-3-4-6-14(12)16(13)19/h3-9,11,15,18-19H,10H2,1-2H3/t15-/m1/s1. The highest BCUT2D eigenvalue weighted by atomic mass is 16.3. The van der Waals surface area contributed by atoms with Crippen molar-refractivity contribution in [3.63, 3.8) is 0 Å². The van der Waals surface area contributed by atoms with E-state index in [1.54, 1.807) is 6.21 Å². The van der Waals surface area contributed by atoms with Gasteiger partial charge in [-0.05, 0) is 17.4 Å². The third-order valence-corrected chi connectivity index (χ3v) is 3.29. The van der Waals surface area contributed by atoms with Crippen molar-refractivity contribution in [3.05, 3.63) is 42.0 Å². The van der Waals surface area contributed by atoms with E-state index in [0.29, 0.717) is 5.56 Å². The fraction of sp³-hybridized carbons (Fsp3) is 0.312. The van der Waals surface area contributed by atoms with Crippen LogP contribution in [0.4, 0.5) is 0 Å². The first-order chi connectivity index (χ1) is 9.13. The van der Waals surface area contributed by atoms with Gasteiger partial charge in [-0.3, -0.25) is 4.99 Å². The van der Waals surface area contributed by atoms with Crippen LogP contribution in [0.3, 0.4) is 0 Å². The number of hydrogen-bond acceptors (Lipinski definition) is 3. The highest BCUT2D eigenvalue weighted by Gasteiger charge is 2.10. The van der Waals surface area contributed by atoms with E-state index >= 15 is 0 Å². The Kier molecular flexibility index (Phi) is 4.17. The third kappa shape index (κ3) is 2.93. The normalized spacial score (nSPS) is 13.5. The van der Waals surface area contributed by atoms with E-state index in [4.69, 9.17) is 0 Å². The zero-order valence-corrected chi connectivity index (χ0v) is 11.2. The van der Waals surface area contributed by atoms with Gasteiger partial charge in [0.05, 0.1) is 12.6 Å². The molecule has 0 radical (unpaired) electrons. The van der Waals surface area contributed by atoms with Crippen molar-refractivity contribution >= 4 is 17.0 Å². The first-order valence-electron chi connectivity index (χ1n) is 6.48. The fourth-order valence-electron chi connectivity index (χ4n) is 1.98. The molecule has 0 heterocycles. The number of phenolic OH excluding ortho intramolecular Hbond substituents is 1. The van der Waals surface area contributed by atoms with Gasteiger partial charge in [0.2, 0.25) is 0 Å². The Hall–Kier alpha value is -1.87. The molecule has 0 aromatic heterocycles. The molecule has 2 N–H and O–H groups in total. The molecule has 0 aliphatic rings. The molecule has 1 atom stereocenters. The molecule has 0 aliphatic heterocycles. The number of phenols is 1. The second-order valence-corrected chi connectivity index (χ2v) is 5.00. The van der Waals surface area contributed by atoms with Gasteiger partial charge < -0.3 is 10.2 Å². The number of nitrogens with zero attached hydrogens (tertiary/aromatic N) is 1. The van der Waals surface area contributed by atoms with Crippen LogP contribution in [0.5, 0.6) is 5.75 Å². The molecule has 0 amide bonds. The predicted octanol–water partition coefficient (Wildman–Crippen LogP) is 2.98. The molecule has 3 heteroatoms. The molecule has 0 saturated heterocycles. The van der Waals surface area contributed by atoms with Gasteiger partial charge in [0, 0.05) is 17.2 Å². The Balaban J connectivity index is 2.36. The van der Waals surface area contributed by atoms with Gasteiger partial charge >= 0.3 is 0 Å². The predicted molar refractivity (Wildman–Crippen MR) is 78.9 cm³/mol. The van der Waals surface area contributed by atoms with Crippen molar-refractivity contribution in [2.45, 2.75) is 19.9 Å². The molecule has 0 saturated carbocycles. The molecule has 2 rings (SSSR count). The average molecular weight is 257 g/mol. The van der Waals surface area contributed by atoms with E-state index in [-0.39, 0.29) is 24.3 Å². The number of fused-ring (bicyclic) bond motifs is 1. The van der Waals surface area contributed by atoms with Crippen molar-refractivity contribution in [3.8, 4) is 5.75 Å². The number of benzene rings is 2. The molecule has 3 nitrogen and oxygen atoms in total. The molecule has 19 heavy (non-hydrogen) atoms. The van der Waals surface area contributed by atoms with Crippen LogP contribution >= 0.6 is 0 Å². The monoisotopic (exact) mass is 257 g/mol. The van der Waals surface area contributed by atoms with E-state index < -0.39 is 0 Å². The van der Waals surface area contributed by atoms with Crippen molar-refractivity contribution in [1.82, 2.24) is 0 Å². The van der Waals surface area contributed by atoms with E-state index in [2.05, 4.69) is 4.99 Å². The Morgan fingerprint density at radius 1 is 1.16 bits per heavy atom. The summed E-state index contributed by atoms with van der Waals surface area (Å²) in [6, 6.07) is 11.3. The molecule has 0 aliphatic carbocycles. The molecule has 100 valence electrons. The van der Waals surface area contributed by atoms with Crippen LogP contribution in [-0.2, 0) is 0 Å². The summed E-state index contributed by atoms with van der Waals surface area (Å²) in [5.74, 6) is 0.506.